The Morgan fingerprint density at radius 3 is 2.87 bits per heavy atom. The molecule has 0 aliphatic heterocycles. The molecule has 0 amide bonds. The smallest absolute Gasteiger partial charge is 0.191 e. The lowest BCUT2D eigenvalue weighted by atomic mass is 9.97. The summed E-state index contributed by atoms with van der Waals surface area (Å²) in [6.45, 7) is 8.92. The molecule has 0 saturated carbocycles. The lowest BCUT2D eigenvalue weighted by molar-refractivity contribution is 0.665. The van der Waals surface area contributed by atoms with Gasteiger partial charge in [-0.2, -0.15) is 0 Å². The lowest BCUT2D eigenvalue weighted by Crippen LogP contribution is -2.37. The molecule has 0 atom stereocenters. The van der Waals surface area contributed by atoms with Crippen molar-refractivity contribution in [1.82, 2.24) is 15.6 Å². The molecule has 0 saturated heterocycles. The molecule has 1 aliphatic rings. The van der Waals surface area contributed by atoms with Gasteiger partial charge < -0.3 is 10.6 Å². The second kappa shape index (κ2) is 9.71. The number of thiazole rings is 1. The topological polar surface area (TPSA) is 49.3 Å². The van der Waals surface area contributed by atoms with Gasteiger partial charge in [-0.3, -0.25) is 0 Å². The van der Waals surface area contributed by atoms with Crippen molar-refractivity contribution in [3.05, 3.63) is 27.7 Å². The normalized spacial score (nSPS) is 15.7. The van der Waals surface area contributed by atoms with E-state index < -0.39 is 0 Å². The highest BCUT2D eigenvalue weighted by Crippen LogP contribution is 2.20. The van der Waals surface area contributed by atoms with Crippen molar-refractivity contribution in [3.8, 4) is 0 Å². The van der Waals surface area contributed by atoms with Crippen molar-refractivity contribution in [3.63, 3.8) is 0 Å². The van der Waals surface area contributed by atoms with Crippen LogP contribution in [0.1, 0.15) is 69.5 Å². The van der Waals surface area contributed by atoms with E-state index >= 15 is 0 Å². The van der Waals surface area contributed by atoms with Crippen LogP contribution < -0.4 is 10.6 Å². The Balaban J connectivity index is 1.82. The SMILES string of the molecule is CCNC(=NCc1csc(C(C)C)n1)NCCC1=CCCCC1. The van der Waals surface area contributed by atoms with Gasteiger partial charge in [-0.1, -0.05) is 25.5 Å². The van der Waals surface area contributed by atoms with Crippen LogP contribution in [0.4, 0.5) is 0 Å². The summed E-state index contributed by atoms with van der Waals surface area (Å²) in [6, 6.07) is 0. The van der Waals surface area contributed by atoms with Gasteiger partial charge >= 0.3 is 0 Å². The van der Waals surface area contributed by atoms with E-state index in [1.54, 1.807) is 16.9 Å². The predicted octanol–water partition coefficient (Wildman–Crippen LogP) is 4.21. The number of aromatic nitrogens is 1. The zero-order valence-corrected chi connectivity index (χ0v) is 15.5. The Bertz CT molecular complexity index is 531. The maximum Gasteiger partial charge on any atom is 0.191 e. The number of guanidine groups is 1. The maximum absolute atomic E-state index is 4.66. The fourth-order valence-corrected chi connectivity index (χ4v) is 3.46. The molecule has 0 aromatic carbocycles. The van der Waals surface area contributed by atoms with Crippen LogP contribution in [0.2, 0.25) is 0 Å². The molecule has 0 spiro atoms. The van der Waals surface area contributed by atoms with Gasteiger partial charge in [0.1, 0.15) is 0 Å². The van der Waals surface area contributed by atoms with Crippen LogP contribution in [0.15, 0.2) is 22.0 Å². The average Bonchev–Trinajstić information content (AvgIpc) is 3.03. The number of nitrogens with zero attached hydrogens (tertiary/aromatic N) is 2. The molecule has 0 radical (unpaired) electrons. The molecule has 23 heavy (non-hydrogen) atoms. The van der Waals surface area contributed by atoms with Gasteiger partial charge in [-0.05, 0) is 39.0 Å². The third-order valence-corrected chi connectivity index (χ3v) is 5.12. The van der Waals surface area contributed by atoms with E-state index in [4.69, 9.17) is 0 Å². The highest BCUT2D eigenvalue weighted by atomic mass is 32.1. The van der Waals surface area contributed by atoms with E-state index in [2.05, 4.69) is 52.8 Å². The first-order chi connectivity index (χ1) is 11.2. The summed E-state index contributed by atoms with van der Waals surface area (Å²) in [6.07, 6.45) is 8.77. The second-order valence-electron chi connectivity index (χ2n) is 6.31. The van der Waals surface area contributed by atoms with E-state index in [0.29, 0.717) is 12.5 Å². The minimum atomic E-state index is 0.493. The van der Waals surface area contributed by atoms with Gasteiger partial charge in [0.05, 0.1) is 17.2 Å². The molecule has 0 unspecified atom stereocenters. The van der Waals surface area contributed by atoms with Gasteiger partial charge in [-0.15, -0.1) is 11.3 Å². The molecule has 1 aromatic rings. The molecule has 5 heteroatoms. The predicted molar refractivity (Wildman–Crippen MR) is 100 cm³/mol. The van der Waals surface area contributed by atoms with Gasteiger partial charge in [0.15, 0.2) is 5.96 Å². The first kappa shape index (κ1) is 18.0. The molecule has 2 N–H and O–H groups in total. The number of hydrogen-bond donors (Lipinski definition) is 2. The fourth-order valence-electron chi connectivity index (χ4n) is 2.64. The molecule has 0 fully saturated rings. The number of nitrogens with one attached hydrogen (secondary N) is 2. The molecule has 0 bridgehead atoms. The van der Waals surface area contributed by atoms with Crippen molar-refractivity contribution in [2.75, 3.05) is 13.1 Å². The average molecular weight is 335 g/mol. The molecule has 4 nitrogen and oxygen atoms in total. The number of aliphatic imine (C=N–C) groups is 1. The second-order valence-corrected chi connectivity index (χ2v) is 7.20. The van der Waals surface area contributed by atoms with Crippen LogP contribution in [0.5, 0.6) is 0 Å². The zero-order valence-electron chi connectivity index (χ0n) is 14.7. The summed E-state index contributed by atoms with van der Waals surface area (Å²) in [5, 5.41) is 10.1. The molecule has 1 aliphatic carbocycles. The molecule has 1 aromatic heterocycles. The summed E-state index contributed by atoms with van der Waals surface area (Å²) in [7, 11) is 0. The van der Waals surface area contributed by atoms with Crippen LogP contribution in [0.25, 0.3) is 0 Å². The Labute approximate surface area is 144 Å². The molecular formula is C18H30N4S. The molecule has 2 rings (SSSR count). The van der Waals surface area contributed by atoms with Crippen LogP contribution in [-0.2, 0) is 6.54 Å². The highest BCUT2D eigenvalue weighted by Gasteiger charge is 2.06. The van der Waals surface area contributed by atoms with E-state index in [0.717, 1.165) is 31.2 Å². The summed E-state index contributed by atoms with van der Waals surface area (Å²) in [4.78, 5) is 9.30. The van der Waals surface area contributed by atoms with E-state index in [-0.39, 0.29) is 0 Å². The van der Waals surface area contributed by atoms with Crippen molar-refractivity contribution < 1.29 is 0 Å². The zero-order chi connectivity index (χ0) is 16.5. The number of allylic oxidation sites excluding steroid dienone is 1. The Hall–Kier alpha value is -1.36. The van der Waals surface area contributed by atoms with E-state index in [9.17, 15) is 0 Å². The van der Waals surface area contributed by atoms with Gasteiger partial charge in [0.25, 0.3) is 0 Å². The fraction of sp³-hybridized carbons (Fsp3) is 0.667. The lowest BCUT2D eigenvalue weighted by Gasteiger charge is -2.15. The van der Waals surface area contributed by atoms with Crippen LogP contribution in [0, 0.1) is 0 Å². The summed E-state index contributed by atoms with van der Waals surface area (Å²) in [5.74, 6) is 1.39. The first-order valence-corrected chi connectivity index (χ1v) is 9.71. The standard InChI is InChI=1S/C18H30N4S/c1-4-19-18(20-11-10-15-8-6-5-7-9-15)21-12-16-13-23-17(22-16)14(2)3/h8,13-14H,4-7,9-12H2,1-3H3,(H2,19,20,21). The minimum absolute atomic E-state index is 0.493. The van der Waals surface area contributed by atoms with Crippen LogP contribution in [0.3, 0.4) is 0 Å². The quantitative estimate of drug-likeness (QED) is 0.446. The Kier molecular flexibility index (Phi) is 7.59. The van der Waals surface area contributed by atoms with Crippen LogP contribution >= 0.6 is 11.3 Å². The van der Waals surface area contributed by atoms with Gasteiger partial charge in [0.2, 0.25) is 0 Å². The molecular weight excluding hydrogens is 304 g/mol. The molecule has 128 valence electrons. The third kappa shape index (κ3) is 6.34. The van der Waals surface area contributed by atoms with Crippen molar-refractivity contribution >= 4 is 17.3 Å². The number of hydrogen-bond acceptors (Lipinski definition) is 3. The molecule has 1 heterocycles. The van der Waals surface area contributed by atoms with E-state index in [1.807, 2.05) is 0 Å². The first-order valence-electron chi connectivity index (χ1n) is 8.83. The summed E-state index contributed by atoms with van der Waals surface area (Å²) < 4.78 is 0. The van der Waals surface area contributed by atoms with Crippen molar-refractivity contribution in [2.24, 2.45) is 4.99 Å². The van der Waals surface area contributed by atoms with Crippen molar-refractivity contribution in [2.45, 2.75) is 65.3 Å². The largest absolute Gasteiger partial charge is 0.357 e. The highest BCUT2D eigenvalue weighted by molar-refractivity contribution is 7.09. The van der Waals surface area contributed by atoms with Crippen molar-refractivity contribution in [1.29, 1.82) is 0 Å². The van der Waals surface area contributed by atoms with Gasteiger partial charge in [0, 0.05) is 24.4 Å². The summed E-state index contributed by atoms with van der Waals surface area (Å²) >= 11 is 1.73. The van der Waals surface area contributed by atoms with Crippen LogP contribution in [-0.4, -0.2) is 24.0 Å². The van der Waals surface area contributed by atoms with Gasteiger partial charge in [-0.25, -0.2) is 9.98 Å². The number of rotatable bonds is 7. The third-order valence-electron chi connectivity index (χ3n) is 3.93. The Morgan fingerprint density at radius 2 is 2.22 bits per heavy atom. The monoisotopic (exact) mass is 334 g/mol. The van der Waals surface area contributed by atoms with E-state index in [1.165, 1.54) is 30.7 Å². The maximum atomic E-state index is 4.66. The summed E-state index contributed by atoms with van der Waals surface area (Å²) in [5.41, 5.74) is 2.66. The minimum Gasteiger partial charge on any atom is -0.357 e. The Morgan fingerprint density at radius 1 is 1.35 bits per heavy atom.